The lowest BCUT2D eigenvalue weighted by Gasteiger charge is -2.55. The molecule has 0 aromatic heterocycles. The first-order valence-electron chi connectivity index (χ1n) is 11.1. The molecule has 2 bridgehead atoms. The topological polar surface area (TPSA) is 87.7 Å². The zero-order chi connectivity index (χ0) is 23.6. The van der Waals surface area contributed by atoms with Gasteiger partial charge in [-0.25, -0.2) is 4.39 Å². The fraction of sp³-hybridized carbons (Fsp3) is 0.440. The molecule has 2 aromatic carbocycles. The number of benzene rings is 2. The number of aliphatic hydroxyl groups is 1. The minimum absolute atomic E-state index is 0.0181. The Hall–Kier alpha value is -2.64. The molecule has 3 aliphatic rings. The molecule has 6 nitrogen and oxygen atoms in total. The van der Waals surface area contributed by atoms with Crippen LogP contribution in [0.15, 0.2) is 42.5 Å². The lowest BCUT2D eigenvalue weighted by Crippen LogP contribution is -2.65. The minimum atomic E-state index is -0.843. The largest absolute Gasteiger partial charge is 0.484 e. The van der Waals surface area contributed by atoms with Crippen LogP contribution in [0, 0.1) is 18.2 Å². The van der Waals surface area contributed by atoms with E-state index in [2.05, 4.69) is 10.6 Å². The van der Waals surface area contributed by atoms with Crippen LogP contribution in [0.5, 0.6) is 5.75 Å². The molecular formula is C25H28ClFN2O4. The van der Waals surface area contributed by atoms with Gasteiger partial charge in [-0.3, -0.25) is 9.59 Å². The summed E-state index contributed by atoms with van der Waals surface area (Å²) in [5.41, 5.74) is 0.773. The van der Waals surface area contributed by atoms with E-state index in [0.29, 0.717) is 38.6 Å². The fourth-order valence-electron chi connectivity index (χ4n) is 4.94. The number of rotatable bonds is 7. The Morgan fingerprint density at radius 3 is 2.48 bits per heavy atom. The summed E-state index contributed by atoms with van der Waals surface area (Å²) >= 11 is 5.66. The van der Waals surface area contributed by atoms with E-state index in [1.165, 1.54) is 12.1 Å². The van der Waals surface area contributed by atoms with Crippen LogP contribution in [0.1, 0.15) is 43.2 Å². The second kappa shape index (κ2) is 9.31. The highest BCUT2D eigenvalue weighted by atomic mass is 35.5. The molecule has 2 aromatic rings. The van der Waals surface area contributed by atoms with Crippen molar-refractivity contribution >= 4 is 23.4 Å². The van der Waals surface area contributed by atoms with Crippen LogP contribution in [-0.4, -0.2) is 35.2 Å². The molecule has 0 spiro atoms. The molecule has 2 amide bonds. The van der Waals surface area contributed by atoms with Crippen molar-refractivity contribution in [1.29, 1.82) is 0 Å². The molecule has 3 aliphatic carbocycles. The standard InChI is InChI=1S/C25H28ClFN2O4/c1-16-2-4-17(5-3-16)14-28-23(32)25-10-8-24(9-11-25,13-21(25)30)29-22(31)15-33-18-6-7-19(26)20(27)12-18/h2-7,12,21,30H,8-11,13-15H2,1H3,(H,28,32)(H,29,31). The molecule has 176 valence electrons. The summed E-state index contributed by atoms with van der Waals surface area (Å²) in [4.78, 5) is 25.5. The van der Waals surface area contributed by atoms with Crippen LogP contribution in [0.2, 0.25) is 5.02 Å². The van der Waals surface area contributed by atoms with Gasteiger partial charge in [0.05, 0.1) is 16.5 Å². The van der Waals surface area contributed by atoms with Crippen LogP contribution in [0.4, 0.5) is 4.39 Å². The van der Waals surface area contributed by atoms with Gasteiger partial charge >= 0.3 is 0 Å². The molecule has 3 fully saturated rings. The number of ether oxygens (including phenoxy) is 1. The third kappa shape index (κ3) is 4.99. The third-order valence-corrected chi connectivity index (χ3v) is 7.32. The van der Waals surface area contributed by atoms with Gasteiger partial charge in [-0.1, -0.05) is 41.4 Å². The average molecular weight is 475 g/mol. The van der Waals surface area contributed by atoms with Crippen molar-refractivity contribution in [3.05, 3.63) is 64.4 Å². The second-order valence-electron chi connectivity index (χ2n) is 9.24. The molecule has 0 radical (unpaired) electrons. The molecule has 3 N–H and O–H groups in total. The number of carbonyl (C=O) groups excluding carboxylic acids is 2. The number of nitrogens with one attached hydrogen (secondary N) is 2. The number of hydrogen-bond acceptors (Lipinski definition) is 4. The summed E-state index contributed by atoms with van der Waals surface area (Å²) in [5, 5.41) is 16.9. The van der Waals surface area contributed by atoms with Crippen molar-refractivity contribution in [3.63, 3.8) is 0 Å². The molecule has 0 heterocycles. The molecule has 1 atom stereocenters. The number of aliphatic hydroxyl groups excluding tert-OH is 1. The molecule has 0 aliphatic heterocycles. The number of amides is 2. The Morgan fingerprint density at radius 2 is 1.85 bits per heavy atom. The Labute approximate surface area is 197 Å². The van der Waals surface area contributed by atoms with Crippen LogP contribution < -0.4 is 15.4 Å². The first-order chi connectivity index (χ1) is 15.7. The number of hydrogen-bond donors (Lipinski definition) is 3. The highest BCUT2D eigenvalue weighted by molar-refractivity contribution is 6.30. The third-order valence-electron chi connectivity index (χ3n) is 7.01. The van der Waals surface area contributed by atoms with E-state index in [4.69, 9.17) is 16.3 Å². The molecule has 0 saturated heterocycles. The van der Waals surface area contributed by atoms with Crippen molar-refractivity contribution < 1.29 is 23.8 Å². The summed E-state index contributed by atoms with van der Waals surface area (Å²) in [5.74, 6) is -0.895. The smallest absolute Gasteiger partial charge is 0.258 e. The van der Waals surface area contributed by atoms with Crippen LogP contribution in [0.25, 0.3) is 0 Å². The van der Waals surface area contributed by atoms with E-state index in [-0.39, 0.29) is 29.2 Å². The van der Waals surface area contributed by atoms with Gasteiger partial charge in [0.15, 0.2) is 6.61 Å². The number of halogens is 2. The van der Waals surface area contributed by atoms with E-state index >= 15 is 0 Å². The molecule has 8 heteroatoms. The quantitative estimate of drug-likeness (QED) is 0.571. The number of aryl methyl sites for hydroxylation is 1. The van der Waals surface area contributed by atoms with Gasteiger partial charge in [0, 0.05) is 18.2 Å². The van der Waals surface area contributed by atoms with E-state index in [9.17, 15) is 19.1 Å². The van der Waals surface area contributed by atoms with E-state index in [1.54, 1.807) is 0 Å². The van der Waals surface area contributed by atoms with Gasteiger partial charge in [-0.15, -0.1) is 0 Å². The Bertz CT molecular complexity index is 1040. The van der Waals surface area contributed by atoms with Gasteiger partial charge in [-0.2, -0.15) is 0 Å². The molecule has 5 rings (SSSR count). The van der Waals surface area contributed by atoms with Crippen LogP contribution in [-0.2, 0) is 16.1 Å². The van der Waals surface area contributed by atoms with Gasteiger partial charge in [0.1, 0.15) is 11.6 Å². The molecular weight excluding hydrogens is 447 g/mol. The van der Waals surface area contributed by atoms with Crippen molar-refractivity contribution in [1.82, 2.24) is 10.6 Å². The SMILES string of the molecule is Cc1ccc(CNC(=O)C23CCC(NC(=O)COc4ccc(Cl)c(F)c4)(CC2)CC3O)cc1. The summed E-state index contributed by atoms with van der Waals surface area (Å²) in [6, 6.07) is 11.9. The monoisotopic (exact) mass is 474 g/mol. The maximum Gasteiger partial charge on any atom is 0.258 e. The predicted molar refractivity (Wildman–Crippen MR) is 122 cm³/mol. The van der Waals surface area contributed by atoms with E-state index in [0.717, 1.165) is 17.2 Å². The van der Waals surface area contributed by atoms with E-state index in [1.807, 2.05) is 31.2 Å². The highest BCUT2D eigenvalue weighted by Gasteiger charge is 2.58. The Kier molecular flexibility index (Phi) is 6.64. The first kappa shape index (κ1) is 23.5. The number of carbonyl (C=O) groups is 2. The second-order valence-corrected chi connectivity index (χ2v) is 9.64. The van der Waals surface area contributed by atoms with Crippen molar-refractivity contribution in [2.24, 2.45) is 5.41 Å². The van der Waals surface area contributed by atoms with Gasteiger partial charge < -0.3 is 20.5 Å². The average Bonchev–Trinajstić information content (AvgIpc) is 2.80. The van der Waals surface area contributed by atoms with Crippen LogP contribution >= 0.6 is 11.6 Å². The summed E-state index contributed by atoms with van der Waals surface area (Å²) in [7, 11) is 0. The molecule has 33 heavy (non-hydrogen) atoms. The number of fused-ring (bicyclic) bond motifs is 3. The van der Waals surface area contributed by atoms with Gasteiger partial charge in [0.2, 0.25) is 5.91 Å². The van der Waals surface area contributed by atoms with Crippen LogP contribution in [0.3, 0.4) is 0 Å². The molecule has 3 saturated carbocycles. The highest BCUT2D eigenvalue weighted by Crippen LogP contribution is 2.52. The van der Waals surface area contributed by atoms with E-state index < -0.39 is 22.9 Å². The summed E-state index contributed by atoms with van der Waals surface area (Å²) in [6.07, 6.45) is 1.66. The predicted octanol–water partition coefficient (Wildman–Crippen LogP) is 3.66. The normalized spacial score (nSPS) is 26.0. The van der Waals surface area contributed by atoms with Crippen molar-refractivity contribution in [2.45, 2.75) is 57.2 Å². The zero-order valence-electron chi connectivity index (χ0n) is 18.5. The summed E-state index contributed by atoms with van der Waals surface area (Å²) < 4.78 is 18.9. The lowest BCUT2D eigenvalue weighted by atomic mass is 9.55. The van der Waals surface area contributed by atoms with Crippen molar-refractivity contribution in [3.8, 4) is 5.75 Å². The minimum Gasteiger partial charge on any atom is -0.484 e. The van der Waals surface area contributed by atoms with Crippen molar-refractivity contribution in [2.75, 3.05) is 6.61 Å². The maximum absolute atomic E-state index is 13.5. The van der Waals surface area contributed by atoms with Gasteiger partial charge in [-0.05, 0) is 56.7 Å². The molecule has 1 unspecified atom stereocenters. The maximum atomic E-state index is 13.5. The Balaban J connectivity index is 1.31. The Morgan fingerprint density at radius 1 is 1.15 bits per heavy atom. The fourth-order valence-corrected chi connectivity index (χ4v) is 5.06. The summed E-state index contributed by atoms with van der Waals surface area (Å²) in [6.45, 7) is 2.15. The zero-order valence-corrected chi connectivity index (χ0v) is 19.3. The lowest BCUT2D eigenvalue weighted by molar-refractivity contribution is -0.156. The van der Waals surface area contributed by atoms with Gasteiger partial charge in [0.25, 0.3) is 5.91 Å². The first-order valence-corrected chi connectivity index (χ1v) is 11.5.